The molecule has 1 fully saturated rings. The molecular weight excluding hydrogens is 443 g/mol. The average Bonchev–Trinajstić information content (AvgIpc) is 3.24. The van der Waals surface area contributed by atoms with Crippen molar-refractivity contribution < 1.29 is 27.4 Å². The highest BCUT2D eigenvalue weighted by molar-refractivity contribution is 5.85. The summed E-state index contributed by atoms with van der Waals surface area (Å²) in [4.78, 5) is 11.5. The number of aromatic nitrogens is 1. The largest absolute Gasteiger partial charge is 0.489 e. The number of hydrogen-bond donors (Lipinski definition) is 0. The Bertz CT molecular complexity index is 1160. The first-order valence-electron chi connectivity index (χ1n) is 11.8. The summed E-state index contributed by atoms with van der Waals surface area (Å²) < 4.78 is 54.1. The van der Waals surface area contributed by atoms with Crippen LogP contribution in [0.4, 0.5) is 13.2 Å². The van der Waals surface area contributed by atoms with Gasteiger partial charge in [-0.25, -0.2) is 0 Å². The highest BCUT2D eigenvalue weighted by atomic mass is 19.4. The number of rotatable bonds is 7. The van der Waals surface area contributed by atoms with Crippen LogP contribution in [0.5, 0.6) is 5.75 Å². The van der Waals surface area contributed by atoms with Gasteiger partial charge in [-0.3, -0.25) is 4.79 Å². The molecule has 0 amide bonds. The van der Waals surface area contributed by atoms with Gasteiger partial charge in [0.25, 0.3) is 0 Å². The maximum atomic E-state index is 13.8. The molecule has 4 nitrogen and oxygen atoms in total. The van der Waals surface area contributed by atoms with E-state index in [0.717, 1.165) is 48.6 Å². The van der Waals surface area contributed by atoms with Crippen LogP contribution in [0, 0.1) is 6.92 Å². The third kappa shape index (κ3) is 5.40. The van der Waals surface area contributed by atoms with E-state index in [1.807, 2.05) is 35.9 Å². The molecule has 34 heavy (non-hydrogen) atoms. The Morgan fingerprint density at radius 3 is 2.56 bits per heavy atom. The summed E-state index contributed by atoms with van der Waals surface area (Å²) in [6.07, 6.45) is 2.50. The van der Waals surface area contributed by atoms with Crippen molar-refractivity contribution in [2.75, 3.05) is 7.11 Å². The van der Waals surface area contributed by atoms with Crippen LogP contribution in [0.3, 0.4) is 0 Å². The van der Waals surface area contributed by atoms with E-state index < -0.39 is 11.7 Å². The van der Waals surface area contributed by atoms with Gasteiger partial charge in [0.2, 0.25) is 0 Å². The van der Waals surface area contributed by atoms with E-state index >= 15 is 0 Å². The maximum Gasteiger partial charge on any atom is 0.416 e. The second-order valence-electron chi connectivity index (χ2n) is 9.06. The second kappa shape index (κ2) is 10.1. The Morgan fingerprint density at radius 2 is 1.85 bits per heavy atom. The van der Waals surface area contributed by atoms with E-state index in [9.17, 15) is 18.0 Å². The van der Waals surface area contributed by atoms with Gasteiger partial charge >= 0.3 is 12.1 Å². The zero-order chi connectivity index (χ0) is 24.3. The number of halogens is 3. The third-order valence-electron chi connectivity index (χ3n) is 6.68. The number of nitrogens with zero attached hydrogens (tertiary/aromatic N) is 1. The Morgan fingerprint density at radius 1 is 1.09 bits per heavy atom. The van der Waals surface area contributed by atoms with Crippen molar-refractivity contribution in [1.82, 2.24) is 4.57 Å². The quantitative estimate of drug-likeness (QED) is 0.342. The lowest BCUT2D eigenvalue weighted by Crippen LogP contribution is -2.15. The fraction of sp³-hybridized carbons (Fsp3) is 0.444. The Labute approximate surface area is 197 Å². The molecule has 0 unspecified atom stereocenters. The lowest BCUT2D eigenvalue weighted by molar-refractivity contribution is -0.141. The molecule has 0 bridgehead atoms. The highest BCUT2D eigenvalue weighted by Gasteiger charge is 2.35. The van der Waals surface area contributed by atoms with Crippen LogP contribution in [-0.4, -0.2) is 17.6 Å². The van der Waals surface area contributed by atoms with Crippen LogP contribution in [0.25, 0.3) is 10.9 Å². The molecule has 1 heterocycles. The summed E-state index contributed by atoms with van der Waals surface area (Å²) in [6.45, 7) is 2.51. The highest BCUT2D eigenvalue weighted by Crippen LogP contribution is 2.41. The first-order chi connectivity index (χ1) is 16.3. The molecular formula is C27H30F3NO3. The fourth-order valence-electron chi connectivity index (χ4n) is 5.00. The van der Waals surface area contributed by atoms with Gasteiger partial charge in [-0.15, -0.1) is 0 Å². The van der Waals surface area contributed by atoms with Gasteiger partial charge in [-0.2, -0.15) is 13.2 Å². The van der Waals surface area contributed by atoms with Crippen LogP contribution >= 0.6 is 0 Å². The molecule has 1 aromatic heterocycles. The molecule has 0 saturated heterocycles. The van der Waals surface area contributed by atoms with Gasteiger partial charge in [0.1, 0.15) is 12.4 Å². The van der Waals surface area contributed by atoms with Gasteiger partial charge in [-0.05, 0) is 66.6 Å². The number of carbonyl (C=O) groups is 1. The van der Waals surface area contributed by atoms with Crippen LogP contribution in [0.15, 0.2) is 42.6 Å². The first kappa shape index (κ1) is 24.2. The van der Waals surface area contributed by atoms with Gasteiger partial charge in [0, 0.05) is 18.1 Å². The summed E-state index contributed by atoms with van der Waals surface area (Å²) in [7, 11) is 1.37. The minimum Gasteiger partial charge on any atom is -0.489 e. The molecule has 1 aliphatic rings. The van der Waals surface area contributed by atoms with Crippen LogP contribution < -0.4 is 4.74 Å². The number of carbonyl (C=O) groups excluding carboxylic acids is 1. The monoisotopic (exact) mass is 473 g/mol. The van der Waals surface area contributed by atoms with Crippen LogP contribution in [0.2, 0.25) is 0 Å². The third-order valence-corrected chi connectivity index (χ3v) is 6.68. The zero-order valence-corrected chi connectivity index (χ0v) is 19.6. The number of benzene rings is 2. The Kier molecular flexibility index (Phi) is 7.19. The van der Waals surface area contributed by atoms with Gasteiger partial charge in [0.05, 0.1) is 24.6 Å². The molecule has 4 rings (SSSR count). The number of hydrogen-bond acceptors (Lipinski definition) is 3. The van der Waals surface area contributed by atoms with Crippen molar-refractivity contribution in [3.8, 4) is 5.75 Å². The second-order valence-corrected chi connectivity index (χ2v) is 9.06. The molecule has 3 aromatic rings. The number of alkyl halides is 3. The number of esters is 1. The fourth-order valence-corrected chi connectivity index (χ4v) is 5.00. The molecule has 0 spiro atoms. The molecule has 0 radical (unpaired) electrons. The number of aryl methyl sites for hydroxylation is 2. The van der Waals surface area contributed by atoms with Crippen molar-refractivity contribution >= 4 is 16.9 Å². The van der Waals surface area contributed by atoms with Crippen molar-refractivity contribution in [3.63, 3.8) is 0 Å². The molecule has 1 aliphatic carbocycles. The number of methoxy groups -OCH3 is 1. The molecule has 7 heteroatoms. The van der Waals surface area contributed by atoms with E-state index in [1.165, 1.54) is 13.2 Å². The standard InChI is InChI=1S/C27H30F3NO3/c1-18-14-22(16-21-10-12-31(26(18)21)13-11-25(32)33-2)34-17-19-8-9-23(20-6-4-3-5-7-20)24(15-19)27(28,29)30/h8-10,12,14-16,20H,3-7,11,13,17H2,1-2H3. The molecule has 0 aliphatic heterocycles. The van der Waals surface area contributed by atoms with E-state index in [2.05, 4.69) is 0 Å². The molecule has 2 aromatic carbocycles. The Balaban J connectivity index is 1.51. The topological polar surface area (TPSA) is 40.5 Å². The lowest BCUT2D eigenvalue weighted by atomic mass is 9.81. The predicted molar refractivity (Wildman–Crippen MR) is 125 cm³/mol. The minimum atomic E-state index is -4.38. The van der Waals surface area contributed by atoms with Crippen LogP contribution in [0.1, 0.15) is 66.7 Å². The van der Waals surface area contributed by atoms with Crippen molar-refractivity contribution in [1.29, 1.82) is 0 Å². The number of fused-ring (bicyclic) bond motifs is 1. The van der Waals surface area contributed by atoms with Crippen molar-refractivity contribution in [2.24, 2.45) is 0 Å². The summed E-state index contributed by atoms with van der Waals surface area (Å²) in [5.41, 5.74) is 2.34. The minimum absolute atomic E-state index is 0.0198. The summed E-state index contributed by atoms with van der Waals surface area (Å²) in [5.74, 6) is 0.307. The van der Waals surface area contributed by atoms with E-state index in [1.54, 1.807) is 12.1 Å². The Hall–Kier alpha value is -2.96. The lowest BCUT2D eigenvalue weighted by Gasteiger charge is -2.25. The summed E-state index contributed by atoms with van der Waals surface area (Å²) in [6, 6.07) is 10.3. The van der Waals surface area contributed by atoms with E-state index in [0.29, 0.717) is 23.4 Å². The predicted octanol–water partition coefficient (Wildman–Crippen LogP) is 7.16. The summed E-state index contributed by atoms with van der Waals surface area (Å²) in [5, 5.41) is 0.948. The smallest absolute Gasteiger partial charge is 0.416 e. The van der Waals surface area contributed by atoms with E-state index in [4.69, 9.17) is 9.47 Å². The van der Waals surface area contributed by atoms with Gasteiger partial charge in [0.15, 0.2) is 0 Å². The summed E-state index contributed by atoms with van der Waals surface area (Å²) >= 11 is 0. The zero-order valence-electron chi connectivity index (χ0n) is 19.6. The molecule has 0 atom stereocenters. The number of ether oxygens (including phenoxy) is 2. The molecule has 1 saturated carbocycles. The van der Waals surface area contributed by atoms with Gasteiger partial charge in [-0.1, -0.05) is 31.4 Å². The first-order valence-corrected chi connectivity index (χ1v) is 11.8. The van der Waals surface area contributed by atoms with Crippen molar-refractivity contribution in [3.05, 3.63) is 64.8 Å². The molecule has 182 valence electrons. The van der Waals surface area contributed by atoms with Crippen molar-refractivity contribution in [2.45, 2.75) is 70.7 Å². The average molecular weight is 474 g/mol. The van der Waals surface area contributed by atoms with E-state index in [-0.39, 0.29) is 24.9 Å². The maximum absolute atomic E-state index is 13.8. The van der Waals surface area contributed by atoms with Crippen LogP contribution in [-0.2, 0) is 28.9 Å². The van der Waals surface area contributed by atoms with Gasteiger partial charge < -0.3 is 14.0 Å². The SMILES string of the molecule is COC(=O)CCn1ccc2cc(OCc3ccc(C4CCCCC4)c(C(F)(F)F)c3)cc(C)c21. The normalized spacial score (nSPS) is 15.0. The molecule has 0 N–H and O–H groups in total.